The van der Waals surface area contributed by atoms with Crippen LogP contribution in [0.15, 0.2) is 30.3 Å². The van der Waals surface area contributed by atoms with Gasteiger partial charge in [-0.1, -0.05) is 43.7 Å². The monoisotopic (exact) mass is 285 g/mol. The second kappa shape index (κ2) is 6.54. The first-order valence-corrected chi connectivity index (χ1v) is 7.18. The molecule has 0 spiro atoms. The molecule has 2 rings (SSSR count). The summed E-state index contributed by atoms with van der Waals surface area (Å²) < 4.78 is 0. The first-order chi connectivity index (χ1) is 9.99. The average molecular weight is 285 g/mol. The normalized spacial score (nSPS) is 12.3. The molecule has 112 valence electrons. The number of benzene rings is 1. The van der Waals surface area contributed by atoms with Gasteiger partial charge in [-0.25, -0.2) is 15.8 Å². The van der Waals surface area contributed by atoms with Crippen LogP contribution in [0.25, 0.3) is 0 Å². The van der Waals surface area contributed by atoms with Gasteiger partial charge in [-0.15, -0.1) is 0 Å². The molecule has 4 N–H and O–H groups in total. The number of aryl methyl sites for hydroxylation is 1. The molecule has 1 unspecified atom stereocenters. The lowest BCUT2D eigenvalue weighted by Gasteiger charge is -2.17. The topological polar surface area (TPSA) is 75.9 Å². The zero-order valence-electron chi connectivity index (χ0n) is 13.0. The third-order valence-electron chi connectivity index (χ3n) is 3.35. The van der Waals surface area contributed by atoms with Crippen LogP contribution in [0.5, 0.6) is 0 Å². The Hall–Kier alpha value is -2.14. The summed E-state index contributed by atoms with van der Waals surface area (Å²) in [6.07, 6.45) is 0. The second-order valence-electron chi connectivity index (χ2n) is 5.57. The summed E-state index contributed by atoms with van der Waals surface area (Å²) in [5.41, 5.74) is 5.06. The van der Waals surface area contributed by atoms with Gasteiger partial charge in [0.1, 0.15) is 17.5 Å². The summed E-state index contributed by atoms with van der Waals surface area (Å²) in [6.45, 7) is 8.31. The summed E-state index contributed by atoms with van der Waals surface area (Å²) in [4.78, 5) is 8.90. The number of rotatable bonds is 5. The Labute approximate surface area is 126 Å². The number of anilines is 2. The van der Waals surface area contributed by atoms with Gasteiger partial charge in [0.05, 0.1) is 0 Å². The van der Waals surface area contributed by atoms with Crippen LogP contribution in [-0.2, 0) is 0 Å². The van der Waals surface area contributed by atoms with Crippen molar-refractivity contribution in [2.24, 2.45) is 5.84 Å². The Kier molecular flexibility index (Phi) is 4.75. The van der Waals surface area contributed by atoms with E-state index in [-0.39, 0.29) is 12.0 Å². The van der Waals surface area contributed by atoms with Gasteiger partial charge in [0, 0.05) is 18.0 Å². The van der Waals surface area contributed by atoms with Crippen molar-refractivity contribution in [2.75, 3.05) is 10.7 Å². The molecule has 0 fully saturated rings. The number of hydrazine groups is 1. The molecule has 21 heavy (non-hydrogen) atoms. The number of nitrogen functional groups attached to an aromatic ring is 1. The molecule has 0 bridgehead atoms. The first kappa shape index (κ1) is 15.3. The molecular formula is C16H23N5. The van der Waals surface area contributed by atoms with E-state index in [0.717, 1.165) is 11.6 Å². The minimum atomic E-state index is 0.158. The highest BCUT2D eigenvalue weighted by Crippen LogP contribution is 2.21. The molecule has 1 aromatic heterocycles. The Bertz CT molecular complexity index is 592. The molecule has 0 aliphatic rings. The SMILES string of the molecule is Cc1ccc(C(C)Nc2cc(NN)nc(C(C)C)n2)cc1. The summed E-state index contributed by atoms with van der Waals surface area (Å²) in [5, 5.41) is 3.40. The van der Waals surface area contributed by atoms with Gasteiger partial charge in [0.2, 0.25) is 0 Å². The largest absolute Gasteiger partial charge is 0.363 e. The fraction of sp³-hybridized carbons (Fsp3) is 0.375. The number of nitrogens with two attached hydrogens (primary N) is 1. The number of nitrogens with zero attached hydrogens (tertiary/aromatic N) is 2. The number of aromatic nitrogens is 2. The minimum Gasteiger partial charge on any atom is -0.363 e. The number of hydrogen-bond acceptors (Lipinski definition) is 5. The van der Waals surface area contributed by atoms with Crippen LogP contribution in [0.2, 0.25) is 0 Å². The Morgan fingerprint density at radius 3 is 2.19 bits per heavy atom. The van der Waals surface area contributed by atoms with Gasteiger partial charge in [0.15, 0.2) is 0 Å². The fourth-order valence-corrected chi connectivity index (χ4v) is 2.03. The molecule has 0 aliphatic carbocycles. The smallest absolute Gasteiger partial charge is 0.145 e. The third-order valence-corrected chi connectivity index (χ3v) is 3.35. The average Bonchev–Trinajstić information content (AvgIpc) is 2.47. The molecular weight excluding hydrogens is 262 g/mol. The highest BCUT2D eigenvalue weighted by molar-refractivity contribution is 5.48. The van der Waals surface area contributed by atoms with E-state index in [0.29, 0.717) is 5.82 Å². The molecule has 1 heterocycles. The van der Waals surface area contributed by atoms with E-state index in [2.05, 4.69) is 72.7 Å². The van der Waals surface area contributed by atoms with Gasteiger partial charge in [-0.2, -0.15) is 0 Å². The zero-order valence-corrected chi connectivity index (χ0v) is 13.0. The van der Waals surface area contributed by atoms with Crippen molar-refractivity contribution in [1.82, 2.24) is 9.97 Å². The summed E-state index contributed by atoms with van der Waals surface area (Å²) in [5.74, 6) is 7.88. The van der Waals surface area contributed by atoms with Crippen molar-refractivity contribution in [2.45, 2.75) is 39.7 Å². The van der Waals surface area contributed by atoms with E-state index < -0.39 is 0 Å². The van der Waals surface area contributed by atoms with Crippen molar-refractivity contribution in [3.8, 4) is 0 Å². The number of nitrogens with one attached hydrogen (secondary N) is 2. The highest BCUT2D eigenvalue weighted by atomic mass is 15.3. The summed E-state index contributed by atoms with van der Waals surface area (Å²) >= 11 is 0. The lowest BCUT2D eigenvalue weighted by Crippen LogP contribution is -2.14. The van der Waals surface area contributed by atoms with Gasteiger partial charge in [0.25, 0.3) is 0 Å². The van der Waals surface area contributed by atoms with E-state index in [1.165, 1.54) is 11.1 Å². The zero-order chi connectivity index (χ0) is 15.4. The van der Waals surface area contributed by atoms with Crippen LogP contribution < -0.4 is 16.6 Å². The maximum atomic E-state index is 5.48. The molecule has 0 aliphatic heterocycles. The van der Waals surface area contributed by atoms with E-state index in [4.69, 9.17) is 5.84 Å². The molecule has 2 aromatic rings. The van der Waals surface area contributed by atoms with Crippen LogP contribution in [0.1, 0.15) is 49.7 Å². The van der Waals surface area contributed by atoms with Crippen molar-refractivity contribution in [3.05, 3.63) is 47.3 Å². The van der Waals surface area contributed by atoms with Crippen LogP contribution in [0.4, 0.5) is 11.6 Å². The van der Waals surface area contributed by atoms with Gasteiger partial charge in [-0.3, -0.25) is 0 Å². The number of hydrogen-bond donors (Lipinski definition) is 3. The maximum absolute atomic E-state index is 5.48. The van der Waals surface area contributed by atoms with Gasteiger partial charge in [-0.05, 0) is 19.4 Å². The third kappa shape index (κ3) is 3.92. The molecule has 1 atom stereocenters. The van der Waals surface area contributed by atoms with Crippen molar-refractivity contribution >= 4 is 11.6 Å². The predicted molar refractivity (Wildman–Crippen MR) is 87.1 cm³/mol. The van der Waals surface area contributed by atoms with Crippen LogP contribution >= 0.6 is 0 Å². The van der Waals surface area contributed by atoms with Crippen LogP contribution in [0.3, 0.4) is 0 Å². The first-order valence-electron chi connectivity index (χ1n) is 7.18. The van der Waals surface area contributed by atoms with E-state index >= 15 is 0 Å². The standard InChI is InChI=1S/C16H23N5/c1-10(2)16-19-14(9-15(20-16)21-17)18-12(4)13-7-5-11(3)6-8-13/h5-10,12H,17H2,1-4H3,(H2,18,19,20,21). The van der Waals surface area contributed by atoms with E-state index in [1.54, 1.807) is 0 Å². The summed E-state index contributed by atoms with van der Waals surface area (Å²) in [6, 6.07) is 10.4. The Morgan fingerprint density at radius 2 is 1.62 bits per heavy atom. The highest BCUT2D eigenvalue weighted by Gasteiger charge is 2.10. The molecule has 0 radical (unpaired) electrons. The second-order valence-corrected chi connectivity index (χ2v) is 5.57. The summed E-state index contributed by atoms with van der Waals surface area (Å²) in [7, 11) is 0. The molecule has 5 heteroatoms. The molecule has 0 amide bonds. The fourth-order valence-electron chi connectivity index (χ4n) is 2.03. The molecule has 0 saturated carbocycles. The molecule has 1 aromatic carbocycles. The van der Waals surface area contributed by atoms with Crippen LogP contribution in [0, 0.1) is 6.92 Å². The predicted octanol–water partition coefficient (Wildman–Crippen LogP) is 3.37. The van der Waals surface area contributed by atoms with Crippen molar-refractivity contribution in [1.29, 1.82) is 0 Å². The van der Waals surface area contributed by atoms with Gasteiger partial charge >= 0.3 is 0 Å². The van der Waals surface area contributed by atoms with E-state index in [1.807, 2.05) is 6.07 Å². The molecule has 0 saturated heterocycles. The lowest BCUT2D eigenvalue weighted by atomic mass is 10.1. The maximum Gasteiger partial charge on any atom is 0.145 e. The van der Waals surface area contributed by atoms with E-state index in [9.17, 15) is 0 Å². The Balaban J connectivity index is 2.21. The van der Waals surface area contributed by atoms with Crippen molar-refractivity contribution in [3.63, 3.8) is 0 Å². The molecule has 5 nitrogen and oxygen atoms in total. The Morgan fingerprint density at radius 1 is 1.00 bits per heavy atom. The van der Waals surface area contributed by atoms with Crippen LogP contribution in [-0.4, -0.2) is 9.97 Å². The van der Waals surface area contributed by atoms with Gasteiger partial charge < -0.3 is 10.7 Å². The quantitative estimate of drug-likeness (QED) is 0.580. The minimum absolute atomic E-state index is 0.158. The lowest BCUT2D eigenvalue weighted by molar-refractivity contribution is 0.769. The van der Waals surface area contributed by atoms with Crippen molar-refractivity contribution < 1.29 is 0 Å².